The Kier molecular flexibility index (Phi) is 25.4. The van der Waals surface area contributed by atoms with E-state index in [4.69, 9.17) is 35.2 Å². The van der Waals surface area contributed by atoms with Gasteiger partial charge in [0.2, 0.25) is 65.0 Å². The molecule has 11 amide bonds. The second-order valence-electron chi connectivity index (χ2n) is 17.6. The number of phenolic OH excluding ortho intramolecular Hbond substituents is 1. The van der Waals surface area contributed by atoms with Gasteiger partial charge in [-0.25, -0.2) is 0 Å². The van der Waals surface area contributed by atoms with E-state index in [0.717, 1.165) is 5.37 Å². The second-order valence-corrected chi connectivity index (χ2v) is 18.3. The minimum Gasteiger partial charge on any atom is -0.508 e. The van der Waals surface area contributed by atoms with Crippen molar-refractivity contribution in [3.8, 4) is 5.75 Å². The molecule has 2 aromatic rings. The highest BCUT2D eigenvalue weighted by Gasteiger charge is 2.40. The van der Waals surface area contributed by atoms with Crippen molar-refractivity contribution in [2.24, 2.45) is 28.9 Å². The summed E-state index contributed by atoms with van der Waals surface area (Å²) in [6.07, 6.45) is 0.110. The van der Waals surface area contributed by atoms with E-state index in [1.807, 2.05) is 0 Å². The van der Waals surface area contributed by atoms with Crippen LogP contribution in [0, 0.1) is 5.92 Å². The smallest absolute Gasteiger partial charge is 0.248 e. The number of phenols is 1. The van der Waals surface area contributed by atoms with Crippen LogP contribution >= 0.6 is 24.8 Å². The number of likely N-dealkylation sites (tertiary alicyclic amines) is 1. The van der Waals surface area contributed by atoms with E-state index in [9.17, 15) is 57.8 Å². The van der Waals surface area contributed by atoms with Gasteiger partial charge < -0.3 is 75.5 Å². The molecule has 1 aliphatic rings. The van der Waals surface area contributed by atoms with Crippen LogP contribution in [0.3, 0.4) is 0 Å². The van der Waals surface area contributed by atoms with Crippen LogP contribution in [0.15, 0.2) is 54.6 Å². The summed E-state index contributed by atoms with van der Waals surface area (Å²) in [5.74, 6) is -10.4. The zero-order valence-electron chi connectivity index (χ0n) is 41.0. The van der Waals surface area contributed by atoms with Gasteiger partial charge in [-0.05, 0) is 61.4 Å². The first-order chi connectivity index (χ1) is 35.1. The molecule has 0 spiro atoms. The highest BCUT2D eigenvalue weighted by molar-refractivity contribution is 7.80. The fourth-order valence-corrected chi connectivity index (χ4v) is 8.04. The summed E-state index contributed by atoms with van der Waals surface area (Å²) in [4.78, 5) is 147. The van der Waals surface area contributed by atoms with Crippen LogP contribution in [0.25, 0.3) is 0 Å². The quantitative estimate of drug-likeness (QED) is 0.0258. The summed E-state index contributed by atoms with van der Waals surface area (Å²) >= 11 is 9.24. The number of hydrogen-bond donors (Lipinski definition) is 14. The number of carbonyl (C=O) groups is 11. The van der Waals surface area contributed by atoms with E-state index >= 15 is 0 Å². The van der Waals surface area contributed by atoms with Gasteiger partial charge in [0.15, 0.2) is 0 Å². The van der Waals surface area contributed by atoms with E-state index in [-0.39, 0.29) is 50.3 Å². The van der Waals surface area contributed by atoms with Gasteiger partial charge in [0.1, 0.15) is 54.1 Å². The minimum atomic E-state index is -1.69. The molecule has 0 radical (unpaired) electrons. The third-order valence-electron chi connectivity index (χ3n) is 11.6. The fourth-order valence-electron chi connectivity index (χ4n) is 7.60. The van der Waals surface area contributed by atoms with Crippen molar-refractivity contribution < 1.29 is 57.8 Å². The Bertz CT molecular complexity index is 2330. The maximum Gasteiger partial charge on any atom is 0.248 e. The standard InChI is InChI=1S/C47H67N13O12S2/c1-25(2)39(46(71)57-32(20-36(50)62)42(67)58-34(24-74)47(72)60-17-7-11-35(60)45(70)54-29(40(51)65)10-6-16-48)59-43(68)31(18-26-8-4-3-5-9-26)55-41(66)30(19-27-12-14-28(61)15-13-27)56-44(69)33(23-73)53-38(64)22-52-37(63)21-49/h3-5,8-9,12-15,23,25,29-35,39,61,74H,6-7,10-11,16-22,24,48-49H2,1-2H3,(H2,50,62)(H2,51,65)(H,52,63)(H,53,64)(H,54,70)(H,55,66)(H,56,69)(H,57,71)(H,58,67)(H,59,68)/t29-,30-,31-,32-,33-,34-,35-,39-/m0/s1. The first-order valence-electron chi connectivity index (χ1n) is 23.7. The normalized spacial score (nSPS) is 15.8. The number of thiol groups is 1. The number of aromatic hydroxyl groups is 1. The van der Waals surface area contributed by atoms with E-state index in [1.165, 1.54) is 29.2 Å². The van der Waals surface area contributed by atoms with Gasteiger partial charge in [-0.15, -0.1) is 0 Å². The summed E-state index contributed by atoms with van der Waals surface area (Å²) in [5.41, 5.74) is 22.8. The van der Waals surface area contributed by atoms with Crippen molar-refractivity contribution in [1.82, 2.24) is 47.4 Å². The Balaban J connectivity index is 1.86. The average molecular weight is 1070 g/mol. The van der Waals surface area contributed by atoms with Crippen LogP contribution in [-0.2, 0) is 65.6 Å². The van der Waals surface area contributed by atoms with Crippen molar-refractivity contribution in [2.75, 3.05) is 31.9 Å². The summed E-state index contributed by atoms with van der Waals surface area (Å²) in [5, 5.41) is 30.7. The molecule has 74 heavy (non-hydrogen) atoms. The largest absolute Gasteiger partial charge is 0.508 e. The molecule has 17 N–H and O–H groups in total. The third-order valence-corrected chi connectivity index (χ3v) is 12.2. The Labute approximate surface area is 438 Å². The highest BCUT2D eigenvalue weighted by atomic mass is 32.1. The molecule has 404 valence electrons. The lowest BCUT2D eigenvalue weighted by Crippen LogP contribution is -2.62. The number of carbonyl (C=O) groups excluding carboxylic acids is 11. The molecule has 27 heteroatoms. The number of hydrogen-bond acceptors (Lipinski definition) is 16. The maximum atomic E-state index is 14.4. The molecule has 0 aromatic heterocycles. The van der Waals surface area contributed by atoms with Crippen molar-refractivity contribution in [2.45, 2.75) is 107 Å². The molecule has 0 unspecified atom stereocenters. The summed E-state index contributed by atoms with van der Waals surface area (Å²) in [7, 11) is 0. The molecular formula is C47H67N13O12S2. The van der Waals surface area contributed by atoms with Gasteiger partial charge >= 0.3 is 0 Å². The molecule has 0 bridgehead atoms. The number of rotatable bonds is 30. The van der Waals surface area contributed by atoms with Crippen LogP contribution in [0.1, 0.15) is 57.1 Å². The van der Waals surface area contributed by atoms with Crippen molar-refractivity contribution >= 4 is 95.2 Å². The van der Waals surface area contributed by atoms with Crippen LogP contribution < -0.4 is 65.5 Å². The summed E-state index contributed by atoms with van der Waals surface area (Å²) < 4.78 is 0. The van der Waals surface area contributed by atoms with Crippen LogP contribution in [-0.4, -0.2) is 161 Å². The Morgan fingerprint density at radius 1 is 0.716 bits per heavy atom. The third kappa shape index (κ3) is 19.7. The number of nitrogens with zero attached hydrogens (tertiary/aromatic N) is 1. The van der Waals surface area contributed by atoms with Crippen LogP contribution in [0.2, 0.25) is 0 Å². The van der Waals surface area contributed by atoms with Gasteiger partial charge in [-0.1, -0.05) is 68.5 Å². The number of thiocarbonyl (C=S) groups is 1. The van der Waals surface area contributed by atoms with Crippen molar-refractivity contribution in [3.63, 3.8) is 0 Å². The molecule has 1 saturated heterocycles. The highest BCUT2D eigenvalue weighted by Crippen LogP contribution is 2.20. The van der Waals surface area contributed by atoms with E-state index in [0.29, 0.717) is 24.0 Å². The lowest BCUT2D eigenvalue weighted by molar-refractivity contribution is -0.142. The van der Waals surface area contributed by atoms with Gasteiger partial charge in [0, 0.05) is 30.5 Å². The SMILES string of the molecule is CC(C)[C@H](NC(=O)[C@H](Cc1ccccc1)NC(=O)[C@H](Cc1ccc(O)cc1)NC(=O)[C@H](C=S)NC(=O)CNC(=O)CN)C(=O)N[C@@H](CC(N)=O)C(=O)N[C@@H](CS)C(=O)N1CCC[C@H]1C(=O)N[C@@H](CCCN)C(N)=O. The first kappa shape index (κ1) is 61.1. The van der Waals surface area contributed by atoms with Gasteiger partial charge in [0.05, 0.1) is 19.5 Å². The second kappa shape index (κ2) is 30.7. The molecule has 2 aromatic carbocycles. The van der Waals surface area contributed by atoms with Crippen molar-refractivity contribution in [3.05, 3.63) is 65.7 Å². The van der Waals surface area contributed by atoms with Crippen molar-refractivity contribution in [1.29, 1.82) is 0 Å². The lowest BCUT2D eigenvalue weighted by atomic mass is 9.99. The van der Waals surface area contributed by atoms with Crippen LogP contribution in [0.4, 0.5) is 0 Å². The molecule has 0 saturated carbocycles. The molecule has 8 atom stereocenters. The average Bonchev–Trinajstić information content (AvgIpc) is 3.87. The minimum absolute atomic E-state index is 0.0860. The topological polar surface area (TPSA) is 412 Å². The molecule has 0 aliphatic carbocycles. The predicted octanol–water partition coefficient (Wildman–Crippen LogP) is -4.68. The lowest BCUT2D eigenvalue weighted by Gasteiger charge is -2.30. The number of primary amides is 2. The number of amides is 11. The van der Waals surface area contributed by atoms with Crippen LogP contribution in [0.5, 0.6) is 5.75 Å². The Morgan fingerprint density at radius 2 is 1.28 bits per heavy atom. The molecule has 1 fully saturated rings. The molecule has 25 nitrogen and oxygen atoms in total. The fraction of sp³-hybridized carbons (Fsp3) is 0.489. The molecule has 1 aliphatic heterocycles. The summed E-state index contributed by atoms with van der Waals surface area (Å²) in [6, 6.07) is 3.19. The van der Waals surface area contributed by atoms with Gasteiger partial charge in [-0.3, -0.25) is 52.7 Å². The number of nitrogens with one attached hydrogen (secondary N) is 8. The number of benzene rings is 2. The molecule has 1 heterocycles. The zero-order chi connectivity index (χ0) is 55.1. The monoisotopic (exact) mass is 1070 g/mol. The first-order valence-corrected chi connectivity index (χ1v) is 24.8. The summed E-state index contributed by atoms with van der Waals surface area (Å²) in [6.45, 7) is 2.57. The molecule has 3 rings (SSSR count). The van der Waals surface area contributed by atoms with E-state index in [2.05, 4.69) is 55.2 Å². The predicted molar refractivity (Wildman–Crippen MR) is 276 cm³/mol. The Morgan fingerprint density at radius 3 is 1.84 bits per heavy atom. The number of nitrogens with two attached hydrogens (primary N) is 4. The van der Waals surface area contributed by atoms with Gasteiger partial charge in [0.25, 0.3) is 0 Å². The zero-order valence-corrected chi connectivity index (χ0v) is 42.7. The maximum absolute atomic E-state index is 14.4. The molecular weight excluding hydrogens is 1000 g/mol. The Hall–Kier alpha value is -7.23. The van der Waals surface area contributed by atoms with E-state index in [1.54, 1.807) is 44.2 Å². The van der Waals surface area contributed by atoms with E-state index < -0.39 is 139 Å². The van der Waals surface area contributed by atoms with Gasteiger partial charge in [-0.2, -0.15) is 12.6 Å².